The topological polar surface area (TPSA) is 19.6 Å². The van der Waals surface area contributed by atoms with E-state index >= 15 is 0 Å². The van der Waals surface area contributed by atoms with Gasteiger partial charge in [0.05, 0.1) is 16.8 Å². The van der Waals surface area contributed by atoms with Gasteiger partial charge in [-0.1, -0.05) is 170 Å². The molecule has 0 fully saturated rings. The molecule has 0 saturated carbocycles. The second-order valence-electron chi connectivity index (χ2n) is 16.8. The van der Waals surface area contributed by atoms with Crippen molar-refractivity contribution < 1.29 is 4.42 Å². The number of rotatable bonds is 7. The average molecular weight is 817 g/mol. The minimum Gasteiger partial charge on any atom is -0.456 e. The maximum atomic E-state index is 7.02. The highest BCUT2D eigenvalue weighted by Crippen LogP contribution is 2.67. The highest BCUT2D eigenvalue weighted by Gasteiger charge is 2.55. The van der Waals surface area contributed by atoms with Crippen molar-refractivity contribution in [3.63, 3.8) is 0 Å². The van der Waals surface area contributed by atoms with Crippen LogP contribution in [-0.4, -0.2) is 0 Å². The Morgan fingerprint density at radius 2 is 0.906 bits per heavy atom. The first-order chi connectivity index (χ1) is 31.8. The molecule has 0 bridgehead atoms. The minimum absolute atomic E-state index is 0.685. The van der Waals surface area contributed by atoms with Gasteiger partial charge in [-0.05, 0) is 112 Å². The Bertz CT molecular complexity index is 3550. The zero-order chi connectivity index (χ0) is 42.2. The normalized spacial score (nSPS) is 14.3. The molecule has 1 atom stereocenters. The molecule has 0 saturated heterocycles. The van der Waals surface area contributed by atoms with Gasteiger partial charge in [-0.3, -0.25) is 0 Å². The van der Waals surface area contributed by atoms with Gasteiger partial charge in [0, 0.05) is 50.2 Å². The number of nitrogens with zero attached hydrogens (tertiary/aromatic N) is 2. The molecule has 0 N–H and O–H groups in total. The lowest BCUT2D eigenvalue weighted by Gasteiger charge is -2.33. The third kappa shape index (κ3) is 5.28. The second-order valence-corrected chi connectivity index (χ2v) is 16.8. The Balaban J connectivity index is 1.09. The van der Waals surface area contributed by atoms with Crippen LogP contribution in [0.15, 0.2) is 247 Å². The molecule has 0 aliphatic heterocycles. The molecule has 0 amide bonds. The van der Waals surface area contributed by atoms with Gasteiger partial charge in [-0.15, -0.1) is 0 Å². The van der Waals surface area contributed by atoms with Gasteiger partial charge in [0.2, 0.25) is 0 Å². The summed E-state index contributed by atoms with van der Waals surface area (Å²) in [6, 6.07) is 88.0. The van der Waals surface area contributed by atoms with Gasteiger partial charge < -0.3 is 14.2 Å². The largest absolute Gasteiger partial charge is 0.456 e. The first-order valence-electron chi connectivity index (χ1n) is 22.0. The number of benzene rings is 10. The summed E-state index contributed by atoms with van der Waals surface area (Å²) in [4.78, 5) is 4.85. The third-order valence-corrected chi connectivity index (χ3v) is 13.4. The molecule has 13 rings (SSSR count). The summed E-state index contributed by atoms with van der Waals surface area (Å²) in [6.07, 6.45) is 0. The minimum atomic E-state index is -0.685. The van der Waals surface area contributed by atoms with Crippen LogP contribution in [0.1, 0.15) is 22.3 Å². The van der Waals surface area contributed by atoms with E-state index in [1.54, 1.807) is 0 Å². The fraction of sp³-hybridized carbons (Fsp3) is 0.0164. The highest BCUT2D eigenvalue weighted by atomic mass is 16.3. The van der Waals surface area contributed by atoms with Crippen LogP contribution in [0.25, 0.3) is 55.3 Å². The van der Waals surface area contributed by atoms with E-state index in [0.29, 0.717) is 0 Å². The van der Waals surface area contributed by atoms with Crippen molar-refractivity contribution in [3.05, 3.63) is 265 Å². The molecule has 2 aliphatic carbocycles. The van der Waals surface area contributed by atoms with Crippen LogP contribution >= 0.6 is 0 Å². The van der Waals surface area contributed by atoms with Crippen LogP contribution in [0.5, 0.6) is 0 Å². The van der Waals surface area contributed by atoms with Gasteiger partial charge in [0.25, 0.3) is 0 Å². The molecule has 64 heavy (non-hydrogen) atoms. The summed E-state index contributed by atoms with van der Waals surface area (Å²) in [6.45, 7) is 0. The van der Waals surface area contributed by atoms with Crippen LogP contribution in [0.3, 0.4) is 0 Å². The van der Waals surface area contributed by atoms with Gasteiger partial charge in [0.1, 0.15) is 11.3 Å². The molecule has 3 nitrogen and oxygen atoms in total. The number of para-hydroxylation sites is 3. The number of furan rings is 1. The first-order valence-corrected chi connectivity index (χ1v) is 22.0. The Morgan fingerprint density at radius 3 is 1.70 bits per heavy atom. The van der Waals surface area contributed by atoms with E-state index in [1.165, 1.54) is 55.3 Å². The van der Waals surface area contributed by atoms with E-state index in [1.807, 2.05) is 0 Å². The number of hydrogen-bond donors (Lipinski definition) is 0. The molecule has 3 heteroatoms. The predicted molar refractivity (Wildman–Crippen MR) is 265 cm³/mol. The quantitative estimate of drug-likeness (QED) is 0.160. The lowest BCUT2D eigenvalue weighted by molar-refractivity contribution is 0.628. The molecular formula is C61H40N2O. The maximum absolute atomic E-state index is 7.02. The summed E-state index contributed by atoms with van der Waals surface area (Å²) in [5.41, 5.74) is 17.7. The van der Waals surface area contributed by atoms with Crippen molar-refractivity contribution in [2.24, 2.45) is 0 Å². The van der Waals surface area contributed by atoms with E-state index in [4.69, 9.17) is 4.42 Å². The fourth-order valence-corrected chi connectivity index (χ4v) is 10.8. The SMILES string of the molecule is c1ccc(-c2ccc(N(c3ccccc3)c3ccc4c(c3)C3(c5ccccc5-c5c(N(c6ccccc6)c6cccc7ccccc67)cccc53)c3c-4oc4ccccc34)cc2)cc1. The molecule has 1 unspecified atom stereocenters. The fourth-order valence-electron chi connectivity index (χ4n) is 10.8. The van der Waals surface area contributed by atoms with Crippen LogP contribution in [0, 0.1) is 0 Å². The molecule has 10 aromatic carbocycles. The summed E-state index contributed by atoms with van der Waals surface area (Å²) >= 11 is 0. The van der Waals surface area contributed by atoms with E-state index in [-0.39, 0.29) is 0 Å². The average Bonchev–Trinajstić information content (AvgIpc) is 3.99. The van der Waals surface area contributed by atoms with E-state index < -0.39 is 5.41 Å². The first kappa shape index (κ1) is 36.3. The summed E-state index contributed by atoms with van der Waals surface area (Å²) in [5.74, 6) is 0.934. The summed E-state index contributed by atoms with van der Waals surface area (Å²) in [5, 5.41) is 3.53. The molecular weight excluding hydrogens is 777 g/mol. The zero-order valence-corrected chi connectivity index (χ0v) is 34.9. The summed E-state index contributed by atoms with van der Waals surface area (Å²) < 4.78 is 7.02. The monoisotopic (exact) mass is 816 g/mol. The lowest BCUT2D eigenvalue weighted by Crippen LogP contribution is -2.26. The predicted octanol–water partition coefficient (Wildman–Crippen LogP) is 16.5. The van der Waals surface area contributed by atoms with Crippen LogP contribution in [0.2, 0.25) is 0 Å². The molecule has 0 radical (unpaired) electrons. The van der Waals surface area contributed by atoms with Crippen LogP contribution in [0.4, 0.5) is 34.1 Å². The smallest absolute Gasteiger partial charge is 0.140 e. The number of fused-ring (bicyclic) bond motifs is 13. The Kier molecular flexibility index (Phi) is 8.13. The third-order valence-electron chi connectivity index (χ3n) is 13.4. The van der Waals surface area contributed by atoms with E-state index in [2.05, 4.69) is 252 Å². The van der Waals surface area contributed by atoms with E-state index in [0.717, 1.165) is 56.4 Å². The molecule has 300 valence electrons. The summed E-state index contributed by atoms with van der Waals surface area (Å²) in [7, 11) is 0. The van der Waals surface area contributed by atoms with Gasteiger partial charge in [-0.25, -0.2) is 0 Å². The lowest BCUT2D eigenvalue weighted by atomic mass is 9.70. The molecule has 11 aromatic rings. The van der Waals surface area contributed by atoms with Crippen LogP contribution in [-0.2, 0) is 5.41 Å². The van der Waals surface area contributed by atoms with Crippen molar-refractivity contribution in [2.45, 2.75) is 5.41 Å². The second kappa shape index (κ2) is 14.3. The number of hydrogen-bond acceptors (Lipinski definition) is 3. The Hall–Kier alpha value is -8.40. The van der Waals surface area contributed by atoms with Crippen molar-refractivity contribution in [1.29, 1.82) is 0 Å². The van der Waals surface area contributed by atoms with Crippen molar-refractivity contribution >= 4 is 55.9 Å². The highest BCUT2D eigenvalue weighted by molar-refractivity contribution is 6.07. The van der Waals surface area contributed by atoms with Gasteiger partial charge in [0.15, 0.2) is 0 Å². The van der Waals surface area contributed by atoms with Crippen molar-refractivity contribution in [2.75, 3.05) is 9.80 Å². The van der Waals surface area contributed by atoms with Gasteiger partial charge in [-0.2, -0.15) is 0 Å². The van der Waals surface area contributed by atoms with Gasteiger partial charge >= 0.3 is 0 Å². The standard InChI is InChI=1S/C61H40N2O/c1-4-18-41(19-5-1)42-34-36-46(37-35-42)62(44-22-6-2-7-23-44)47-38-39-50-54(40-47)61(59-51-28-13-15-33-57(51)64-60(50)59)52-29-14-12-27-49(52)58-53(61)30-17-32-56(58)63(45-24-8-3-9-25-45)55-31-16-21-43-20-10-11-26-48(43)55/h1-40H. The maximum Gasteiger partial charge on any atom is 0.140 e. The Labute approximate surface area is 372 Å². The van der Waals surface area contributed by atoms with Crippen molar-refractivity contribution in [3.8, 4) is 33.6 Å². The van der Waals surface area contributed by atoms with E-state index in [9.17, 15) is 0 Å². The molecule has 1 heterocycles. The molecule has 1 aromatic heterocycles. The molecule has 2 aliphatic rings. The molecule has 1 spiro atoms. The van der Waals surface area contributed by atoms with Crippen LogP contribution < -0.4 is 9.80 Å². The zero-order valence-electron chi connectivity index (χ0n) is 34.9. The Morgan fingerprint density at radius 1 is 0.344 bits per heavy atom. The van der Waals surface area contributed by atoms with Crippen molar-refractivity contribution in [1.82, 2.24) is 0 Å². The number of anilines is 6.